The van der Waals surface area contributed by atoms with Crippen LogP contribution >= 0.6 is 0 Å². The fourth-order valence-electron chi connectivity index (χ4n) is 8.12. The van der Waals surface area contributed by atoms with Gasteiger partial charge >= 0.3 is 266 Å². The van der Waals surface area contributed by atoms with Crippen LogP contribution in [0, 0.1) is 0 Å². The number of allylic oxidation sites excluding steroid dienone is 8. The first-order valence-electron chi connectivity index (χ1n) is 16.9. The SMILES string of the molecule is CCCC[C](CCCC)=[Zr+2]([C]1=CC=CC1)[CH]1c2cc3c(cc2-c2cc4c(cc21)C(C)(C)CC=C4C)C(C)=CCC3(C)C.[Cl-].[Cl-]. The van der Waals surface area contributed by atoms with E-state index in [4.69, 9.17) is 0 Å². The topological polar surface area (TPSA) is 0 Å². The molecule has 234 valence electrons. The summed E-state index contributed by atoms with van der Waals surface area (Å²) in [5, 5.41) is 0. The molecule has 3 heteroatoms. The second-order valence-corrected chi connectivity index (χ2v) is 21.7. The van der Waals surface area contributed by atoms with Gasteiger partial charge in [-0.3, -0.25) is 0 Å². The number of unbranched alkanes of at least 4 members (excludes halogenated alkanes) is 2. The van der Waals surface area contributed by atoms with Crippen LogP contribution in [0.2, 0.25) is 0 Å². The minimum absolute atomic E-state index is 0. The van der Waals surface area contributed by atoms with Crippen LogP contribution in [0.1, 0.15) is 150 Å². The quantitative estimate of drug-likeness (QED) is 0.319. The van der Waals surface area contributed by atoms with Gasteiger partial charge < -0.3 is 24.8 Å². The first kappa shape index (κ1) is 35.6. The number of rotatable bonds is 8. The molecule has 6 rings (SSSR count). The van der Waals surface area contributed by atoms with Crippen molar-refractivity contribution in [2.24, 2.45) is 0 Å². The number of benzene rings is 2. The maximum atomic E-state index is 2.74. The van der Waals surface area contributed by atoms with Gasteiger partial charge in [0.1, 0.15) is 0 Å². The van der Waals surface area contributed by atoms with E-state index in [0.717, 1.165) is 12.8 Å². The van der Waals surface area contributed by atoms with E-state index in [1.807, 2.05) is 6.49 Å². The van der Waals surface area contributed by atoms with Crippen LogP contribution in [0.4, 0.5) is 0 Å². The molecule has 0 amide bonds. The van der Waals surface area contributed by atoms with Crippen molar-refractivity contribution in [2.75, 3.05) is 0 Å². The van der Waals surface area contributed by atoms with Gasteiger partial charge in [-0.15, -0.1) is 0 Å². The summed E-state index contributed by atoms with van der Waals surface area (Å²) in [6, 6.07) is 10.7. The zero-order valence-electron chi connectivity index (χ0n) is 28.4. The third-order valence-corrected chi connectivity index (χ3v) is 19.5. The third-order valence-electron chi connectivity index (χ3n) is 10.9. The maximum absolute atomic E-state index is 2.74. The van der Waals surface area contributed by atoms with Crippen molar-refractivity contribution in [3.05, 3.63) is 91.3 Å². The van der Waals surface area contributed by atoms with Gasteiger partial charge in [-0.05, 0) is 0 Å². The van der Waals surface area contributed by atoms with E-state index in [0.29, 0.717) is 3.63 Å². The Morgan fingerprint density at radius 2 is 1.20 bits per heavy atom. The zero-order valence-corrected chi connectivity index (χ0v) is 32.4. The van der Waals surface area contributed by atoms with Crippen LogP contribution in [0.25, 0.3) is 22.3 Å². The van der Waals surface area contributed by atoms with Crippen molar-refractivity contribution in [3.8, 4) is 11.1 Å². The second-order valence-electron chi connectivity index (χ2n) is 14.9. The Labute approximate surface area is 288 Å². The molecule has 2 aromatic rings. The van der Waals surface area contributed by atoms with Gasteiger partial charge in [-0.25, -0.2) is 0 Å². The molecule has 0 aromatic heterocycles. The molecule has 0 bridgehead atoms. The van der Waals surface area contributed by atoms with Crippen molar-refractivity contribution < 1.29 is 46.1 Å². The summed E-state index contributed by atoms with van der Waals surface area (Å²) in [4.78, 5) is 0. The van der Waals surface area contributed by atoms with Crippen LogP contribution in [0.5, 0.6) is 0 Å². The van der Waals surface area contributed by atoms with Crippen molar-refractivity contribution in [1.82, 2.24) is 0 Å². The Morgan fingerprint density at radius 1 is 0.727 bits per heavy atom. The van der Waals surface area contributed by atoms with Crippen molar-refractivity contribution in [2.45, 2.75) is 128 Å². The van der Waals surface area contributed by atoms with Gasteiger partial charge in [0, 0.05) is 0 Å². The van der Waals surface area contributed by atoms with Gasteiger partial charge in [0.25, 0.3) is 0 Å². The molecule has 0 spiro atoms. The molecular formula is C41H52Cl2Zr. The molecule has 44 heavy (non-hydrogen) atoms. The van der Waals surface area contributed by atoms with Crippen LogP contribution in [-0.4, -0.2) is 3.21 Å². The molecule has 0 unspecified atom stereocenters. The monoisotopic (exact) mass is 704 g/mol. The molecule has 4 aliphatic carbocycles. The molecule has 0 saturated carbocycles. The van der Waals surface area contributed by atoms with Crippen LogP contribution in [-0.2, 0) is 32.1 Å². The summed E-state index contributed by atoms with van der Waals surface area (Å²) < 4.78 is 4.43. The van der Waals surface area contributed by atoms with E-state index < -0.39 is 21.3 Å². The molecule has 0 saturated heterocycles. The number of hydrogen-bond acceptors (Lipinski definition) is 0. The summed E-state index contributed by atoms with van der Waals surface area (Å²) in [7, 11) is 0. The summed E-state index contributed by atoms with van der Waals surface area (Å²) in [6.07, 6.45) is 23.8. The molecule has 0 radical (unpaired) electrons. The minimum Gasteiger partial charge on any atom is -1.00 e. The van der Waals surface area contributed by atoms with E-state index in [2.05, 4.69) is 110 Å². The molecule has 0 heterocycles. The van der Waals surface area contributed by atoms with Gasteiger partial charge in [-0.1, -0.05) is 0 Å². The fraction of sp³-hybridized carbons (Fsp3) is 0.488. The molecule has 0 aliphatic heterocycles. The number of halogens is 2. The largest absolute Gasteiger partial charge is 1.00 e. The van der Waals surface area contributed by atoms with Gasteiger partial charge in [0.2, 0.25) is 0 Å². The predicted octanol–water partition coefficient (Wildman–Crippen LogP) is 5.95. The van der Waals surface area contributed by atoms with E-state index >= 15 is 0 Å². The number of fused-ring (bicyclic) bond motifs is 5. The van der Waals surface area contributed by atoms with Crippen LogP contribution < -0.4 is 24.8 Å². The van der Waals surface area contributed by atoms with E-state index in [9.17, 15) is 0 Å². The zero-order chi connectivity index (χ0) is 29.8. The maximum Gasteiger partial charge on any atom is -1.00 e. The Bertz CT molecular complexity index is 1490. The Kier molecular flexibility index (Phi) is 11.2. The summed E-state index contributed by atoms with van der Waals surface area (Å²) in [6.45, 7) is 19.3. The second kappa shape index (κ2) is 13.8. The predicted molar refractivity (Wildman–Crippen MR) is 182 cm³/mol. The first-order valence-corrected chi connectivity index (χ1v) is 20.7. The summed E-state index contributed by atoms with van der Waals surface area (Å²) >= 11 is -2.32. The first-order chi connectivity index (χ1) is 20.1. The third kappa shape index (κ3) is 6.21. The average Bonchev–Trinajstić information content (AvgIpc) is 3.60. The smallest absolute Gasteiger partial charge is 1.00 e. The van der Waals surface area contributed by atoms with Gasteiger partial charge in [0.15, 0.2) is 0 Å². The fourth-order valence-corrected chi connectivity index (χ4v) is 17.6. The van der Waals surface area contributed by atoms with E-state index in [1.54, 1.807) is 33.4 Å². The van der Waals surface area contributed by atoms with Gasteiger partial charge in [0.05, 0.1) is 0 Å². The van der Waals surface area contributed by atoms with Crippen molar-refractivity contribution in [3.63, 3.8) is 0 Å². The molecule has 2 aromatic carbocycles. The Balaban J connectivity index is 0.00000221. The number of hydrogen-bond donors (Lipinski definition) is 0. The van der Waals surface area contributed by atoms with E-state index in [-0.39, 0.29) is 35.6 Å². The molecule has 0 N–H and O–H groups in total. The minimum atomic E-state index is -2.32. The van der Waals surface area contributed by atoms with Crippen molar-refractivity contribution >= 4 is 14.4 Å². The van der Waals surface area contributed by atoms with Gasteiger partial charge in [-0.2, -0.15) is 0 Å². The Morgan fingerprint density at radius 3 is 1.61 bits per heavy atom. The molecule has 0 nitrogen and oxygen atoms in total. The van der Waals surface area contributed by atoms with Crippen molar-refractivity contribution in [1.29, 1.82) is 0 Å². The van der Waals surface area contributed by atoms with E-state index in [1.165, 1.54) is 67.2 Å². The molecule has 0 fully saturated rings. The molecule has 4 aliphatic rings. The van der Waals surface area contributed by atoms with Crippen LogP contribution in [0.3, 0.4) is 0 Å². The molecular weight excluding hydrogens is 655 g/mol. The summed E-state index contributed by atoms with van der Waals surface area (Å²) in [5.74, 6) is 0. The normalized spacial score (nSPS) is 18.3. The Hall–Kier alpha value is -1.27. The standard InChI is InChI=1S/C27H29.C9H18.C5H5.2ClH.Zr/c1-16-7-9-26(3,4)24-12-18-11-19-13-25-21(17(2)8-10-27(25,5)6)15-23(19)22(18)14-20(16)24;1-3-5-7-9-8-6-4-2;1-2-4-5-3-1;;;/h7-8,11-15H,9-10H2,1-6H3;3-8H2,1-2H3;1-3H,4H2;2*1H;/q;;;;;+2/p-2. The summed E-state index contributed by atoms with van der Waals surface area (Å²) in [5.41, 5.74) is 15.9. The molecule has 0 atom stereocenters. The van der Waals surface area contributed by atoms with Crippen LogP contribution in [0.15, 0.2) is 57.9 Å². The average molecular weight is 707 g/mol.